The van der Waals surface area contributed by atoms with Gasteiger partial charge in [0.05, 0.1) is 23.8 Å². The van der Waals surface area contributed by atoms with Crippen molar-refractivity contribution in [3.05, 3.63) is 27.4 Å². The van der Waals surface area contributed by atoms with Crippen molar-refractivity contribution >= 4 is 11.8 Å². The number of hydrogen-bond donors (Lipinski definition) is 1. The molecule has 1 saturated carbocycles. The third kappa shape index (κ3) is 3.63. The highest BCUT2D eigenvalue weighted by Gasteiger charge is 2.39. The van der Waals surface area contributed by atoms with Crippen molar-refractivity contribution in [2.24, 2.45) is 5.92 Å². The molecule has 27 heavy (non-hydrogen) atoms. The Balaban J connectivity index is 1.58. The number of nitrogens with zero attached hydrogens (tertiary/aromatic N) is 3. The molecule has 3 aliphatic rings. The molecule has 1 aliphatic carbocycles. The minimum atomic E-state index is -0.200. The van der Waals surface area contributed by atoms with E-state index in [-0.39, 0.29) is 42.5 Å². The van der Waals surface area contributed by atoms with E-state index < -0.39 is 0 Å². The first-order valence-electron chi connectivity index (χ1n) is 9.77. The van der Waals surface area contributed by atoms with E-state index in [4.69, 9.17) is 9.72 Å². The maximum Gasteiger partial charge on any atom is 0.256 e. The molecule has 0 bridgehead atoms. The van der Waals surface area contributed by atoms with Crippen molar-refractivity contribution in [2.45, 2.75) is 51.1 Å². The lowest BCUT2D eigenvalue weighted by atomic mass is 9.99. The number of methoxy groups -OCH3 is 1. The molecule has 8 heteroatoms. The van der Waals surface area contributed by atoms with Crippen LogP contribution in [0, 0.1) is 5.92 Å². The van der Waals surface area contributed by atoms with Gasteiger partial charge in [0.1, 0.15) is 12.4 Å². The summed E-state index contributed by atoms with van der Waals surface area (Å²) in [7, 11) is 1.48. The molecule has 0 radical (unpaired) electrons. The van der Waals surface area contributed by atoms with Crippen molar-refractivity contribution in [2.75, 3.05) is 26.8 Å². The third-order valence-corrected chi connectivity index (χ3v) is 5.74. The zero-order chi connectivity index (χ0) is 19.0. The van der Waals surface area contributed by atoms with Crippen LogP contribution in [0.3, 0.4) is 0 Å². The van der Waals surface area contributed by atoms with Crippen LogP contribution in [0.4, 0.5) is 0 Å². The Kier molecular flexibility index (Phi) is 4.99. The van der Waals surface area contributed by atoms with Gasteiger partial charge in [0.2, 0.25) is 11.8 Å². The average molecular weight is 374 g/mol. The molecular weight excluding hydrogens is 348 g/mol. The van der Waals surface area contributed by atoms with Crippen LogP contribution in [0.2, 0.25) is 0 Å². The Labute approximate surface area is 157 Å². The zero-order valence-electron chi connectivity index (χ0n) is 15.7. The van der Waals surface area contributed by atoms with E-state index in [0.29, 0.717) is 24.4 Å². The monoisotopic (exact) mass is 374 g/mol. The standard InChI is InChI=1S/C19H26N4O4/c1-27-11-16(24)22-9-7-14-13(10-22)18(25)21-17(20-14)15-4-2-3-8-23(15)19(26)12-5-6-12/h12,15H,2-11H2,1H3,(H,20,21,25)/t15-/m0/s1. The summed E-state index contributed by atoms with van der Waals surface area (Å²) >= 11 is 0. The van der Waals surface area contributed by atoms with Crippen LogP contribution >= 0.6 is 0 Å². The first-order valence-corrected chi connectivity index (χ1v) is 9.77. The van der Waals surface area contributed by atoms with Gasteiger partial charge in [0.15, 0.2) is 0 Å². The summed E-state index contributed by atoms with van der Waals surface area (Å²) in [4.78, 5) is 48.6. The highest BCUT2D eigenvalue weighted by molar-refractivity contribution is 5.81. The van der Waals surface area contributed by atoms with Crippen molar-refractivity contribution in [3.63, 3.8) is 0 Å². The van der Waals surface area contributed by atoms with Crippen LogP contribution in [-0.4, -0.2) is 58.4 Å². The van der Waals surface area contributed by atoms with Gasteiger partial charge in [-0.2, -0.15) is 0 Å². The molecule has 4 rings (SSSR count). The number of rotatable bonds is 4. The highest BCUT2D eigenvalue weighted by Crippen LogP contribution is 2.37. The lowest BCUT2D eigenvalue weighted by molar-refractivity contribution is -0.137. The molecule has 146 valence electrons. The Morgan fingerprint density at radius 3 is 2.78 bits per heavy atom. The van der Waals surface area contributed by atoms with Crippen LogP contribution < -0.4 is 5.56 Å². The molecule has 2 amide bonds. The number of hydrogen-bond acceptors (Lipinski definition) is 5. The molecule has 2 aliphatic heterocycles. The summed E-state index contributed by atoms with van der Waals surface area (Å²) in [6, 6.07) is -0.141. The Morgan fingerprint density at radius 1 is 1.22 bits per heavy atom. The number of fused-ring (bicyclic) bond motifs is 1. The number of H-pyrrole nitrogens is 1. The SMILES string of the molecule is COCC(=O)N1CCc2nc([C@@H]3CCCCN3C(=O)C3CC3)[nH]c(=O)c2C1. The number of aromatic nitrogens is 2. The van der Waals surface area contributed by atoms with Gasteiger partial charge in [0.25, 0.3) is 5.56 Å². The largest absolute Gasteiger partial charge is 0.375 e. The van der Waals surface area contributed by atoms with Crippen LogP contribution in [0.15, 0.2) is 4.79 Å². The molecule has 3 heterocycles. The molecule has 1 aromatic heterocycles. The second kappa shape index (κ2) is 7.42. The number of carbonyl (C=O) groups excluding carboxylic acids is 2. The smallest absolute Gasteiger partial charge is 0.256 e. The van der Waals surface area contributed by atoms with Crippen LogP contribution in [0.5, 0.6) is 0 Å². The minimum absolute atomic E-state index is 0.0130. The maximum absolute atomic E-state index is 12.7. The quantitative estimate of drug-likeness (QED) is 0.840. The van der Waals surface area contributed by atoms with E-state index in [0.717, 1.165) is 44.3 Å². The molecular formula is C19H26N4O4. The van der Waals surface area contributed by atoms with Gasteiger partial charge in [-0.15, -0.1) is 0 Å². The van der Waals surface area contributed by atoms with Gasteiger partial charge >= 0.3 is 0 Å². The van der Waals surface area contributed by atoms with E-state index in [1.54, 1.807) is 4.90 Å². The van der Waals surface area contributed by atoms with E-state index in [1.807, 2.05) is 4.90 Å². The van der Waals surface area contributed by atoms with Gasteiger partial charge < -0.3 is 19.5 Å². The number of piperidine rings is 1. The average Bonchev–Trinajstić information content (AvgIpc) is 3.52. The topological polar surface area (TPSA) is 95.6 Å². The Morgan fingerprint density at radius 2 is 2.04 bits per heavy atom. The predicted octanol–water partition coefficient (Wildman–Crippen LogP) is 0.765. The number of likely N-dealkylation sites (tertiary alicyclic amines) is 1. The fourth-order valence-corrected chi connectivity index (χ4v) is 4.07. The summed E-state index contributed by atoms with van der Waals surface area (Å²) in [6.45, 7) is 1.54. The van der Waals surface area contributed by atoms with Gasteiger partial charge in [0, 0.05) is 32.5 Å². The second-order valence-electron chi connectivity index (χ2n) is 7.69. The van der Waals surface area contributed by atoms with Crippen molar-refractivity contribution in [1.29, 1.82) is 0 Å². The van der Waals surface area contributed by atoms with Gasteiger partial charge in [-0.25, -0.2) is 4.98 Å². The first-order chi connectivity index (χ1) is 13.1. The van der Waals surface area contributed by atoms with E-state index in [2.05, 4.69) is 4.98 Å². The van der Waals surface area contributed by atoms with Crippen LogP contribution in [-0.2, 0) is 27.3 Å². The molecule has 1 saturated heterocycles. The van der Waals surface area contributed by atoms with Gasteiger partial charge in [-0.1, -0.05) is 0 Å². The first kappa shape index (κ1) is 18.2. The third-order valence-electron chi connectivity index (χ3n) is 5.74. The molecule has 1 aromatic rings. The summed E-state index contributed by atoms with van der Waals surface area (Å²) in [5, 5.41) is 0. The molecule has 8 nitrogen and oxygen atoms in total. The minimum Gasteiger partial charge on any atom is -0.375 e. The summed E-state index contributed by atoms with van der Waals surface area (Å²) in [5.41, 5.74) is 1.10. The summed E-state index contributed by atoms with van der Waals surface area (Å²) < 4.78 is 4.90. The molecule has 2 fully saturated rings. The molecule has 0 spiro atoms. The maximum atomic E-state index is 12.7. The van der Waals surface area contributed by atoms with Crippen molar-refractivity contribution in [3.8, 4) is 0 Å². The Bertz CT molecular complexity index is 801. The highest BCUT2D eigenvalue weighted by atomic mass is 16.5. The number of carbonyl (C=O) groups is 2. The van der Waals surface area contributed by atoms with E-state index in [1.165, 1.54) is 7.11 Å². The van der Waals surface area contributed by atoms with Crippen molar-refractivity contribution < 1.29 is 14.3 Å². The zero-order valence-corrected chi connectivity index (χ0v) is 15.7. The lowest BCUT2D eigenvalue weighted by Gasteiger charge is -2.36. The normalized spacial score (nSPS) is 22.5. The van der Waals surface area contributed by atoms with Gasteiger partial charge in [-0.3, -0.25) is 14.4 Å². The summed E-state index contributed by atoms with van der Waals surface area (Å²) in [5.74, 6) is 0.843. The molecule has 0 unspecified atom stereocenters. The second-order valence-corrected chi connectivity index (χ2v) is 7.69. The Hall–Kier alpha value is -2.22. The lowest BCUT2D eigenvalue weighted by Crippen LogP contribution is -2.43. The molecule has 1 atom stereocenters. The number of ether oxygens (including phenoxy) is 1. The fourth-order valence-electron chi connectivity index (χ4n) is 4.07. The van der Waals surface area contributed by atoms with E-state index in [9.17, 15) is 14.4 Å². The van der Waals surface area contributed by atoms with Crippen molar-refractivity contribution in [1.82, 2.24) is 19.8 Å². The van der Waals surface area contributed by atoms with Crippen LogP contribution in [0.1, 0.15) is 55.2 Å². The molecule has 0 aromatic carbocycles. The number of nitrogens with one attached hydrogen (secondary N) is 1. The van der Waals surface area contributed by atoms with Crippen LogP contribution in [0.25, 0.3) is 0 Å². The predicted molar refractivity (Wildman–Crippen MR) is 96.9 cm³/mol. The number of aromatic amines is 1. The number of amides is 2. The summed E-state index contributed by atoms with van der Waals surface area (Å²) in [6.07, 6.45) is 5.35. The molecule has 1 N–H and O–H groups in total. The fraction of sp³-hybridized carbons (Fsp3) is 0.684. The van der Waals surface area contributed by atoms with Gasteiger partial charge in [-0.05, 0) is 32.1 Å². The van der Waals surface area contributed by atoms with E-state index >= 15 is 0 Å².